The molecule has 2 aliphatic rings. The molecule has 0 aromatic carbocycles. The number of nitrogens with one attached hydrogen (secondary N) is 1. The standard InChI is InChI=1S/C21H28F3N8O4S/c22-21(23,24)16-12-18(26-2-1-3-28-37(33)36-25)27-14-15(16)17-13-19(31-4-8-34-9-5-31)30-20(29-17)32-6-10-35-11-7-32/h12-14H,1-11,25H2,(H,26,27)/q-1. The Kier molecular flexibility index (Phi) is 9.31. The van der Waals surface area contributed by atoms with Crippen LogP contribution in [0.2, 0.25) is 0 Å². The van der Waals surface area contributed by atoms with Crippen LogP contribution in [-0.4, -0.2) is 80.6 Å². The summed E-state index contributed by atoms with van der Waals surface area (Å²) in [4.78, 5) is 17.2. The monoisotopic (exact) mass is 545 g/mol. The van der Waals surface area contributed by atoms with Crippen molar-refractivity contribution in [2.45, 2.75) is 12.6 Å². The van der Waals surface area contributed by atoms with Gasteiger partial charge < -0.3 is 37.4 Å². The summed E-state index contributed by atoms with van der Waals surface area (Å²) in [6, 6.07) is 2.52. The number of alkyl halides is 3. The summed E-state index contributed by atoms with van der Waals surface area (Å²) in [5.41, 5.74) is -0.880. The first-order valence-corrected chi connectivity index (χ1v) is 12.7. The molecular weight excluding hydrogens is 517 g/mol. The maximum Gasteiger partial charge on any atom is 0.417 e. The Morgan fingerprint density at radius 1 is 1.08 bits per heavy atom. The first kappa shape index (κ1) is 27.3. The number of nitrogens with two attached hydrogens (primary N) is 1. The van der Waals surface area contributed by atoms with Gasteiger partial charge in [0.15, 0.2) is 0 Å². The van der Waals surface area contributed by atoms with Gasteiger partial charge in [-0.3, -0.25) is 0 Å². The van der Waals surface area contributed by atoms with Crippen molar-refractivity contribution in [2.24, 2.45) is 10.3 Å². The molecule has 16 heteroatoms. The lowest BCUT2D eigenvalue weighted by atomic mass is 10.1. The Balaban J connectivity index is 1.64. The summed E-state index contributed by atoms with van der Waals surface area (Å²) in [6.07, 6.45) is -3.10. The number of pyridine rings is 1. The molecule has 204 valence electrons. The van der Waals surface area contributed by atoms with Crippen molar-refractivity contribution in [1.82, 2.24) is 15.0 Å². The van der Waals surface area contributed by atoms with Gasteiger partial charge in [-0.25, -0.2) is 15.9 Å². The number of hydrogen-bond donors (Lipinski definition) is 2. The summed E-state index contributed by atoms with van der Waals surface area (Å²) in [5.74, 6) is 5.68. The third kappa shape index (κ3) is 7.38. The summed E-state index contributed by atoms with van der Waals surface area (Å²) in [5, 5.41) is 2.83. The molecule has 4 rings (SSSR count). The molecule has 0 aliphatic carbocycles. The van der Waals surface area contributed by atoms with Gasteiger partial charge in [-0.15, -0.1) is 0 Å². The van der Waals surface area contributed by atoms with E-state index in [0.717, 1.165) is 6.07 Å². The van der Waals surface area contributed by atoms with Gasteiger partial charge in [-0.1, -0.05) is 0 Å². The maximum atomic E-state index is 14.2. The fourth-order valence-corrected chi connectivity index (χ4v) is 4.21. The van der Waals surface area contributed by atoms with E-state index in [1.54, 1.807) is 6.07 Å². The van der Waals surface area contributed by atoms with Crippen LogP contribution in [0, 0.1) is 0 Å². The van der Waals surface area contributed by atoms with Crippen molar-refractivity contribution >= 4 is 28.5 Å². The molecule has 2 aromatic heterocycles. The molecule has 4 heterocycles. The molecule has 0 radical (unpaired) electrons. The first-order valence-electron chi connectivity index (χ1n) is 11.7. The van der Waals surface area contributed by atoms with Crippen LogP contribution < -0.4 is 21.0 Å². The Bertz CT molecular complexity index is 1100. The fraction of sp³-hybridized carbons (Fsp3) is 0.571. The lowest BCUT2D eigenvalue weighted by molar-refractivity contribution is -0.137. The van der Waals surface area contributed by atoms with E-state index in [4.69, 9.17) is 15.4 Å². The second-order valence-corrected chi connectivity index (χ2v) is 9.05. The van der Waals surface area contributed by atoms with E-state index in [1.165, 1.54) is 6.20 Å². The highest BCUT2D eigenvalue weighted by molar-refractivity contribution is 7.69. The molecule has 2 fully saturated rings. The highest BCUT2D eigenvalue weighted by Gasteiger charge is 2.35. The third-order valence-electron chi connectivity index (χ3n) is 5.74. The van der Waals surface area contributed by atoms with Gasteiger partial charge >= 0.3 is 6.18 Å². The number of ether oxygens (including phenoxy) is 2. The van der Waals surface area contributed by atoms with Crippen LogP contribution in [0.15, 0.2) is 22.7 Å². The number of rotatable bonds is 9. The minimum Gasteiger partial charge on any atom is -0.416 e. The van der Waals surface area contributed by atoms with Crippen LogP contribution in [0.4, 0.5) is 30.8 Å². The van der Waals surface area contributed by atoms with Gasteiger partial charge in [0.25, 0.3) is 0 Å². The molecule has 2 aliphatic heterocycles. The molecule has 0 atom stereocenters. The maximum absolute atomic E-state index is 14.2. The average Bonchev–Trinajstić information content (AvgIpc) is 2.93. The van der Waals surface area contributed by atoms with E-state index in [2.05, 4.69) is 28.9 Å². The zero-order valence-electron chi connectivity index (χ0n) is 19.9. The van der Waals surface area contributed by atoms with Crippen molar-refractivity contribution in [3.8, 4) is 11.3 Å². The average molecular weight is 546 g/mol. The largest absolute Gasteiger partial charge is 0.417 e. The van der Waals surface area contributed by atoms with Crippen LogP contribution in [0.1, 0.15) is 12.0 Å². The molecule has 12 nitrogen and oxygen atoms in total. The minimum atomic E-state index is -4.65. The topological polar surface area (TPSA) is 140 Å². The molecule has 0 unspecified atom stereocenters. The Hall–Kier alpha value is -2.79. The number of morpholine rings is 2. The minimum absolute atomic E-state index is 0.0446. The fourth-order valence-electron chi connectivity index (χ4n) is 3.87. The van der Waals surface area contributed by atoms with E-state index in [-0.39, 0.29) is 30.2 Å². The van der Waals surface area contributed by atoms with Crippen LogP contribution in [-0.2, 0) is 35.0 Å². The second kappa shape index (κ2) is 12.6. The number of hydrogen-bond acceptors (Lipinski definition) is 13. The molecule has 3 N–H and O–H groups in total. The Labute approximate surface area is 213 Å². The number of nitrogens with zero attached hydrogens (tertiary/aromatic N) is 6. The van der Waals surface area contributed by atoms with Crippen molar-refractivity contribution in [1.29, 1.82) is 0 Å². The molecule has 0 saturated carbocycles. The van der Waals surface area contributed by atoms with Gasteiger partial charge in [0.2, 0.25) is 5.95 Å². The summed E-state index contributed by atoms with van der Waals surface area (Å²) in [7, 11) is -1.95. The molecule has 0 amide bonds. The van der Waals surface area contributed by atoms with Gasteiger partial charge in [0.05, 0.1) is 37.7 Å². The van der Waals surface area contributed by atoms with Crippen molar-refractivity contribution in [3.63, 3.8) is 0 Å². The number of halogens is 3. The molecular formula is C21H28F3N8O4S-. The van der Waals surface area contributed by atoms with Crippen molar-refractivity contribution < 1.29 is 31.1 Å². The van der Waals surface area contributed by atoms with Gasteiger partial charge in [0.1, 0.15) is 11.6 Å². The Morgan fingerprint density at radius 3 is 2.41 bits per heavy atom. The van der Waals surface area contributed by atoms with E-state index >= 15 is 0 Å². The molecule has 0 spiro atoms. The lowest BCUT2D eigenvalue weighted by Gasteiger charge is -2.31. The normalized spacial score (nSPS) is 17.7. The molecule has 0 bridgehead atoms. The molecule has 2 saturated heterocycles. The van der Waals surface area contributed by atoms with Crippen LogP contribution in [0.25, 0.3) is 11.3 Å². The lowest BCUT2D eigenvalue weighted by Crippen LogP contribution is -2.39. The third-order valence-corrected chi connectivity index (χ3v) is 6.29. The summed E-state index contributed by atoms with van der Waals surface area (Å²) < 4.78 is 72.0. The van der Waals surface area contributed by atoms with E-state index < -0.39 is 22.6 Å². The predicted octanol–water partition coefficient (Wildman–Crippen LogP) is 1.99. The number of anilines is 3. The molecule has 2 aromatic rings. The highest BCUT2D eigenvalue weighted by atomic mass is 32.2. The van der Waals surface area contributed by atoms with Gasteiger partial charge in [-0.2, -0.15) is 18.2 Å². The zero-order valence-corrected chi connectivity index (χ0v) is 20.8. The van der Waals surface area contributed by atoms with Gasteiger partial charge in [0, 0.05) is 57.1 Å². The van der Waals surface area contributed by atoms with Crippen LogP contribution in [0.5, 0.6) is 0 Å². The summed E-state index contributed by atoms with van der Waals surface area (Å²) in [6.45, 7) is 4.60. The van der Waals surface area contributed by atoms with Crippen LogP contribution in [0.3, 0.4) is 0 Å². The van der Waals surface area contributed by atoms with E-state index in [9.17, 15) is 17.4 Å². The van der Waals surface area contributed by atoms with Crippen molar-refractivity contribution in [3.05, 3.63) is 23.9 Å². The van der Waals surface area contributed by atoms with Crippen LogP contribution >= 0.6 is 0 Å². The highest BCUT2D eigenvalue weighted by Crippen LogP contribution is 2.38. The van der Waals surface area contributed by atoms with Crippen molar-refractivity contribution in [2.75, 3.05) is 80.8 Å². The first-order chi connectivity index (χ1) is 17.8. The quantitative estimate of drug-likeness (QED) is 0.272. The smallest absolute Gasteiger partial charge is 0.416 e. The SMILES string of the molecule is NO[S-](=O)=NCCCNc1cc(C(F)(F)F)c(-c2cc(N3CCOCC3)nc(N3CCOCC3)n2)cn1. The predicted molar refractivity (Wildman–Crippen MR) is 130 cm³/mol. The zero-order chi connectivity index (χ0) is 26.3. The second-order valence-electron chi connectivity index (χ2n) is 8.17. The summed E-state index contributed by atoms with van der Waals surface area (Å²) >= 11 is 0. The Morgan fingerprint density at radius 2 is 1.76 bits per heavy atom. The van der Waals surface area contributed by atoms with E-state index in [1.807, 2.05) is 9.80 Å². The number of aromatic nitrogens is 3. The molecule has 37 heavy (non-hydrogen) atoms. The van der Waals surface area contributed by atoms with Gasteiger partial charge in [-0.05, 0) is 23.4 Å². The van der Waals surface area contributed by atoms with E-state index in [0.29, 0.717) is 70.8 Å².